The highest BCUT2D eigenvalue weighted by Gasteiger charge is 2.39. The summed E-state index contributed by atoms with van der Waals surface area (Å²) in [5.41, 5.74) is 3.54. The molecule has 1 fully saturated rings. The molecular formula is C37H37F3N4O5. The van der Waals surface area contributed by atoms with E-state index in [2.05, 4.69) is 15.6 Å². The van der Waals surface area contributed by atoms with Crippen molar-refractivity contribution in [2.75, 3.05) is 25.0 Å². The lowest BCUT2D eigenvalue weighted by Crippen LogP contribution is -2.53. The van der Waals surface area contributed by atoms with Crippen LogP contribution in [0.25, 0.3) is 0 Å². The molecule has 3 aromatic carbocycles. The Morgan fingerprint density at radius 2 is 1.65 bits per heavy atom. The number of fused-ring (bicyclic) bond motifs is 1. The minimum absolute atomic E-state index is 0.0684. The van der Waals surface area contributed by atoms with Gasteiger partial charge in [-0.3, -0.25) is 14.7 Å². The number of aliphatic hydroxyl groups is 1. The Labute approximate surface area is 281 Å². The smallest absolute Gasteiger partial charge is 0.407 e. The maximum absolute atomic E-state index is 15.1. The second kappa shape index (κ2) is 15.2. The first kappa shape index (κ1) is 34.1. The normalized spacial score (nSPS) is 20.2. The van der Waals surface area contributed by atoms with Gasteiger partial charge in [0.25, 0.3) is 0 Å². The summed E-state index contributed by atoms with van der Waals surface area (Å²) in [6.07, 6.45) is 1.15. The van der Waals surface area contributed by atoms with Crippen molar-refractivity contribution in [2.45, 2.75) is 55.9 Å². The molecule has 4 atom stereocenters. The summed E-state index contributed by atoms with van der Waals surface area (Å²) >= 11 is 0. The van der Waals surface area contributed by atoms with Crippen LogP contribution >= 0.6 is 0 Å². The van der Waals surface area contributed by atoms with Crippen LogP contribution in [0.15, 0.2) is 85.2 Å². The number of hydrogen-bond donors (Lipinski definition) is 4. The first-order valence-corrected chi connectivity index (χ1v) is 16.2. The highest BCUT2D eigenvalue weighted by molar-refractivity contribution is 5.92. The first-order valence-electron chi connectivity index (χ1n) is 16.2. The van der Waals surface area contributed by atoms with Crippen LogP contribution in [-0.4, -0.2) is 70.0 Å². The maximum Gasteiger partial charge on any atom is 0.407 e. The molecule has 9 nitrogen and oxygen atoms in total. The van der Waals surface area contributed by atoms with Crippen molar-refractivity contribution in [1.82, 2.24) is 15.2 Å². The number of aliphatic hydroxyl groups excluding tert-OH is 1. The molecule has 0 bridgehead atoms. The number of rotatable bonds is 11. The van der Waals surface area contributed by atoms with Gasteiger partial charge in [0.1, 0.15) is 17.5 Å². The van der Waals surface area contributed by atoms with Gasteiger partial charge in [0.05, 0.1) is 42.9 Å². The Hall–Kier alpha value is -4.78. The summed E-state index contributed by atoms with van der Waals surface area (Å²) in [4.78, 5) is 30.8. The van der Waals surface area contributed by atoms with Crippen molar-refractivity contribution in [3.05, 3.63) is 130 Å². The fourth-order valence-electron chi connectivity index (χ4n) is 6.78. The lowest BCUT2D eigenvalue weighted by atomic mass is 9.88. The lowest BCUT2D eigenvalue weighted by Gasteiger charge is -2.36. The van der Waals surface area contributed by atoms with E-state index < -0.39 is 47.5 Å². The second-order valence-electron chi connectivity index (χ2n) is 12.5. The van der Waals surface area contributed by atoms with Crippen LogP contribution < -0.4 is 10.6 Å². The molecule has 1 aliphatic heterocycles. The number of benzene rings is 3. The molecule has 1 aromatic heterocycles. The molecular weight excluding hydrogens is 637 g/mol. The Bertz CT molecular complexity index is 1720. The van der Waals surface area contributed by atoms with Crippen molar-refractivity contribution in [3.63, 3.8) is 0 Å². The molecule has 12 heteroatoms. The quantitative estimate of drug-likeness (QED) is 0.164. The van der Waals surface area contributed by atoms with Crippen LogP contribution in [0.4, 0.5) is 23.7 Å². The third-order valence-electron chi connectivity index (χ3n) is 9.26. The standard InChI is InChI=1S/C37H37F3N4O5/c38-25-9-5-22(6-10-25)31(23-7-11-26(39)12-8-23)16-35(46)43-33-19-41-18-32(40)30(33)14-13-28-17-42-27(21-49-28)20-44(37(47)48)36-29-4-2-1-3-24(29)15-34(36)45/h1-12,18-19,27-28,31,34,36,42,45H,13-17,20-21H2,(H,43,46)(H,47,48)/t27-,28+,34+,36?/m0/s1. The van der Waals surface area contributed by atoms with E-state index in [9.17, 15) is 28.6 Å². The van der Waals surface area contributed by atoms with Gasteiger partial charge in [-0.05, 0) is 59.4 Å². The van der Waals surface area contributed by atoms with Gasteiger partial charge in [0.15, 0.2) is 0 Å². The monoisotopic (exact) mass is 674 g/mol. The highest BCUT2D eigenvalue weighted by Crippen LogP contribution is 2.36. The number of carbonyl (C=O) groups is 2. The molecule has 256 valence electrons. The van der Waals surface area contributed by atoms with Crippen molar-refractivity contribution >= 4 is 17.7 Å². The molecule has 4 aromatic rings. The summed E-state index contributed by atoms with van der Waals surface area (Å²) in [5, 5.41) is 26.8. The van der Waals surface area contributed by atoms with Gasteiger partial charge in [-0.15, -0.1) is 0 Å². The molecule has 4 N–H and O–H groups in total. The van der Waals surface area contributed by atoms with Gasteiger partial charge in [-0.25, -0.2) is 18.0 Å². The zero-order valence-corrected chi connectivity index (χ0v) is 26.6. The molecule has 0 radical (unpaired) electrons. The van der Waals surface area contributed by atoms with Crippen molar-refractivity contribution in [2.24, 2.45) is 0 Å². The second-order valence-corrected chi connectivity index (χ2v) is 12.5. The minimum Gasteiger partial charge on any atom is -0.465 e. The number of nitrogens with zero attached hydrogens (tertiary/aromatic N) is 2. The number of anilines is 1. The van der Waals surface area contributed by atoms with Gasteiger partial charge in [-0.1, -0.05) is 48.5 Å². The molecule has 2 amide bonds. The van der Waals surface area contributed by atoms with Crippen molar-refractivity contribution in [1.29, 1.82) is 0 Å². The summed E-state index contributed by atoms with van der Waals surface area (Å²) in [7, 11) is 0. The van der Waals surface area contributed by atoms with Crippen molar-refractivity contribution in [3.8, 4) is 0 Å². The van der Waals surface area contributed by atoms with Gasteiger partial charge < -0.3 is 25.6 Å². The van der Waals surface area contributed by atoms with E-state index in [0.717, 1.165) is 17.3 Å². The summed E-state index contributed by atoms with van der Waals surface area (Å²) in [5.74, 6) is -2.37. The van der Waals surface area contributed by atoms with Crippen LogP contribution in [-0.2, 0) is 22.4 Å². The zero-order valence-electron chi connectivity index (χ0n) is 26.6. The molecule has 1 saturated heterocycles. The van der Waals surface area contributed by atoms with Crippen LogP contribution in [0.5, 0.6) is 0 Å². The molecule has 0 spiro atoms. The first-order chi connectivity index (χ1) is 23.7. The van der Waals surface area contributed by atoms with Gasteiger partial charge in [0, 0.05) is 43.5 Å². The van der Waals surface area contributed by atoms with Crippen LogP contribution in [0, 0.1) is 17.5 Å². The number of amides is 2. The van der Waals surface area contributed by atoms with E-state index in [-0.39, 0.29) is 49.4 Å². The predicted molar refractivity (Wildman–Crippen MR) is 176 cm³/mol. The number of carbonyl (C=O) groups excluding carboxylic acids is 1. The molecule has 1 unspecified atom stereocenters. The van der Waals surface area contributed by atoms with E-state index in [1.54, 1.807) is 24.3 Å². The minimum atomic E-state index is -1.13. The Kier molecular flexibility index (Phi) is 10.6. The fourth-order valence-corrected chi connectivity index (χ4v) is 6.78. The number of aromatic nitrogens is 1. The Balaban J connectivity index is 1.06. The number of morpholine rings is 1. The molecule has 2 heterocycles. The number of ether oxygens (including phenoxy) is 1. The van der Waals surface area contributed by atoms with Crippen LogP contribution in [0.2, 0.25) is 0 Å². The lowest BCUT2D eigenvalue weighted by molar-refractivity contribution is -0.116. The van der Waals surface area contributed by atoms with Gasteiger partial charge >= 0.3 is 6.09 Å². The molecule has 49 heavy (non-hydrogen) atoms. The number of carboxylic acid groups (broad SMARTS) is 1. The summed E-state index contributed by atoms with van der Waals surface area (Å²) in [6.45, 7) is 0.729. The number of hydrogen-bond acceptors (Lipinski definition) is 6. The number of nitrogens with one attached hydrogen (secondary N) is 2. The maximum atomic E-state index is 15.1. The molecule has 6 rings (SSSR count). The average Bonchev–Trinajstić information content (AvgIpc) is 3.42. The summed E-state index contributed by atoms with van der Waals surface area (Å²) in [6, 6.07) is 17.9. The van der Waals surface area contributed by atoms with Crippen LogP contribution in [0.3, 0.4) is 0 Å². The average molecular weight is 675 g/mol. The SMILES string of the molecule is O=C(CC(c1ccc(F)cc1)c1ccc(F)cc1)Nc1cncc(F)c1CC[C@@H]1CN[C@@H](CN(C(=O)O)C2c3ccccc3C[C@H]2O)CO1. The molecule has 2 aliphatic rings. The zero-order chi connectivity index (χ0) is 34.5. The van der Waals surface area contributed by atoms with E-state index in [1.807, 2.05) is 24.3 Å². The Morgan fingerprint density at radius 1 is 0.980 bits per heavy atom. The van der Waals surface area contributed by atoms with Crippen molar-refractivity contribution < 1.29 is 37.7 Å². The summed E-state index contributed by atoms with van der Waals surface area (Å²) < 4.78 is 48.4. The third kappa shape index (κ3) is 8.10. The van der Waals surface area contributed by atoms with Gasteiger partial charge in [-0.2, -0.15) is 0 Å². The van der Waals surface area contributed by atoms with E-state index in [4.69, 9.17) is 4.74 Å². The van der Waals surface area contributed by atoms with E-state index >= 15 is 4.39 Å². The predicted octanol–water partition coefficient (Wildman–Crippen LogP) is 5.59. The largest absolute Gasteiger partial charge is 0.465 e. The van der Waals surface area contributed by atoms with E-state index in [1.165, 1.54) is 35.4 Å². The number of pyridine rings is 1. The van der Waals surface area contributed by atoms with Gasteiger partial charge in [0.2, 0.25) is 5.91 Å². The Morgan fingerprint density at radius 3 is 2.29 bits per heavy atom. The number of halogens is 3. The fraction of sp³-hybridized carbons (Fsp3) is 0.324. The third-order valence-corrected chi connectivity index (χ3v) is 9.26. The topological polar surface area (TPSA) is 124 Å². The van der Waals surface area contributed by atoms with E-state index in [0.29, 0.717) is 30.5 Å². The molecule has 1 aliphatic carbocycles. The highest BCUT2D eigenvalue weighted by atomic mass is 19.1. The van der Waals surface area contributed by atoms with Crippen LogP contribution in [0.1, 0.15) is 52.6 Å². The molecule has 0 saturated carbocycles.